The van der Waals surface area contributed by atoms with Crippen LogP contribution < -0.4 is 10.2 Å². The number of piperazine rings is 1. The molecule has 2 aromatic rings. The number of methoxy groups -OCH3 is 1. The second-order valence-electron chi connectivity index (χ2n) is 7.15. The van der Waals surface area contributed by atoms with Gasteiger partial charge in [0.1, 0.15) is 0 Å². The van der Waals surface area contributed by atoms with E-state index in [0.29, 0.717) is 37.7 Å². The number of carbonyl (C=O) groups excluding carboxylic acids is 2. The number of nitrogens with one attached hydrogen (secondary N) is 1. The van der Waals surface area contributed by atoms with Crippen LogP contribution >= 0.6 is 0 Å². The number of rotatable bonds is 4. The maximum absolute atomic E-state index is 12.7. The molecule has 148 valence electrons. The Labute approximate surface area is 166 Å². The summed E-state index contributed by atoms with van der Waals surface area (Å²) in [5, 5.41) is 3.05. The predicted octanol–water partition coefficient (Wildman–Crippen LogP) is 3.95. The molecule has 1 heterocycles. The minimum atomic E-state index is -0.346. The van der Waals surface area contributed by atoms with Gasteiger partial charge in [0.05, 0.1) is 18.4 Å². The molecule has 28 heavy (non-hydrogen) atoms. The maximum atomic E-state index is 12.7. The number of para-hydroxylation sites is 2. The van der Waals surface area contributed by atoms with Crippen LogP contribution in [0.25, 0.3) is 0 Å². The van der Waals surface area contributed by atoms with Crippen molar-refractivity contribution in [2.24, 2.45) is 0 Å². The van der Waals surface area contributed by atoms with E-state index < -0.39 is 0 Å². The normalized spacial score (nSPS) is 14.1. The van der Waals surface area contributed by atoms with Crippen molar-refractivity contribution in [3.05, 3.63) is 59.7 Å². The number of urea groups is 1. The molecule has 0 saturated carbocycles. The van der Waals surface area contributed by atoms with Crippen LogP contribution in [-0.2, 0) is 4.74 Å². The molecule has 0 radical (unpaired) electrons. The van der Waals surface area contributed by atoms with Gasteiger partial charge in [0.2, 0.25) is 0 Å². The van der Waals surface area contributed by atoms with Crippen LogP contribution in [-0.4, -0.2) is 50.2 Å². The van der Waals surface area contributed by atoms with E-state index in [1.807, 2.05) is 47.4 Å². The van der Waals surface area contributed by atoms with Gasteiger partial charge in [-0.3, -0.25) is 0 Å². The minimum Gasteiger partial charge on any atom is -0.465 e. The van der Waals surface area contributed by atoms with E-state index in [2.05, 4.69) is 24.1 Å². The summed E-state index contributed by atoms with van der Waals surface area (Å²) in [5.41, 5.74) is 3.38. The van der Waals surface area contributed by atoms with Gasteiger partial charge < -0.3 is 19.9 Å². The maximum Gasteiger partial charge on any atom is 0.339 e. The summed E-state index contributed by atoms with van der Waals surface area (Å²) in [6.07, 6.45) is 0. The molecule has 2 aromatic carbocycles. The van der Waals surface area contributed by atoms with Crippen LogP contribution in [0.2, 0.25) is 0 Å². The number of esters is 1. The second-order valence-corrected chi connectivity index (χ2v) is 7.15. The van der Waals surface area contributed by atoms with Gasteiger partial charge in [-0.2, -0.15) is 0 Å². The monoisotopic (exact) mass is 381 g/mol. The minimum absolute atomic E-state index is 0.0889. The van der Waals surface area contributed by atoms with E-state index in [9.17, 15) is 9.59 Å². The lowest BCUT2D eigenvalue weighted by atomic mass is 10.0. The van der Waals surface area contributed by atoms with Crippen LogP contribution in [0.4, 0.5) is 16.2 Å². The summed E-state index contributed by atoms with van der Waals surface area (Å²) >= 11 is 0. The summed E-state index contributed by atoms with van der Waals surface area (Å²) in [4.78, 5) is 28.7. The van der Waals surface area contributed by atoms with E-state index in [4.69, 9.17) is 4.74 Å². The molecule has 0 unspecified atom stereocenters. The molecule has 0 spiro atoms. The van der Waals surface area contributed by atoms with Crippen LogP contribution in [0.1, 0.15) is 35.7 Å². The fourth-order valence-corrected chi connectivity index (χ4v) is 3.49. The first-order chi connectivity index (χ1) is 13.5. The third-order valence-corrected chi connectivity index (χ3v) is 5.04. The van der Waals surface area contributed by atoms with E-state index in [1.165, 1.54) is 7.11 Å². The Morgan fingerprint density at radius 2 is 1.61 bits per heavy atom. The molecule has 1 saturated heterocycles. The van der Waals surface area contributed by atoms with Crippen molar-refractivity contribution in [3.8, 4) is 0 Å². The van der Waals surface area contributed by atoms with Gasteiger partial charge in [0.15, 0.2) is 0 Å². The smallest absolute Gasteiger partial charge is 0.339 e. The Hall–Kier alpha value is -3.02. The third-order valence-electron chi connectivity index (χ3n) is 5.04. The number of nitrogens with zero attached hydrogens (tertiary/aromatic N) is 2. The summed E-state index contributed by atoms with van der Waals surface area (Å²) < 4.78 is 4.88. The molecule has 1 fully saturated rings. The zero-order chi connectivity index (χ0) is 20.1. The predicted molar refractivity (Wildman–Crippen MR) is 111 cm³/mol. The summed E-state index contributed by atoms with van der Waals surface area (Å²) in [5.74, 6) is -0.00997. The zero-order valence-electron chi connectivity index (χ0n) is 16.6. The fourth-order valence-electron chi connectivity index (χ4n) is 3.49. The number of carbonyl (C=O) groups is 2. The van der Waals surface area contributed by atoms with Gasteiger partial charge >= 0.3 is 12.0 Å². The first-order valence-electron chi connectivity index (χ1n) is 9.58. The first-order valence-corrected chi connectivity index (χ1v) is 9.58. The molecule has 1 aliphatic heterocycles. The molecule has 0 aromatic heterocycles. The van der Waals surface area contributed by atoms with Crippen molar-refractivity contribution in [1.82, 2.24) is 4.90 Å². The van der Waals surface area contributed by atoms with Gasteiger partial charge in [0.25, 0.3) is 0 Å². The van der Waals surface area contributed by atoms with Crippen LogP contribution in [0.5, 0.6) is 0 Å². The number of hydrogen-bond acceptors (Lipinski definition) is 4. The first kappa shape index (κ1) is 19.7. The molecule has 0 bridgehead atoms. The van der Waals surface area contributed by atoms with Crippen molar-refractivity contribution in [3.63, 3.8) is 0 Å². The Kier molecular flexibility index (Phi) is 6.19. The Morgan fingerprint density at radius 3 is 2.29 bits per heavy atom. The van der Waals surface area contributed by atoms with Gasteiger partial charge in [-0.15, -0.1) is 0 Å². The van der Waals surface area contributed by atoms with E-state index >= 15 is 0 Å². The van der Waals surface area contributed by atoms with Crippen molar-refractivity contribution in [2.75, 3.05) is 43.5 Å². The van der Waals surface area contributed by atoms with Gasteiger partial charge in [-0.05, 0) is 29.7 Å². The van der Waals surface area contributed by atoms with Crippen LogP contribution in [0.15, 0.2) is 48.5 Å². The number of ether oxygens (including phenoxy) is 1. The van der Waals surface area contributed by atoms with Crippen molar-refractivity contribution in [2.45, 2.75) is 19.8 Å². The molecule has 3 rings (SSSR count). The number of amides is 2. The SMILES string of the molecule is COC(=O)c1ccccc1N1CCN(C(=O)Nc2ccccc2C(C)C)CC1. The lowest BCUT2D eigenvalue weighted by Gasteiger charge is -2.36. The highest BCUT2D eigenvalue weighted by atomic mass is 16.5. The largest absolute Gasteiger partial charge is 0.465 e. The zero-order valence-corrected chi connectivity index (χ0v) is 16.6. The Morgan fingerprint density at radius 1 is 0.964 bits per heavy atom. The average molecular weight is 381 g/mol. The van der Waals surface area contributed by atoms with Crippen LogP contribution in [0.3, 0.4) is 0 Å². The molecular weight excluding hydrogens is 354 g/mol. The fraction of sp³-hybridized carbons (Fsp3) is 0.364. The summed E-state index contributed by atoms with van der Waals surface area (Å²) in [6, 6.07) is 15.2. The van der Waals surface area contributed by atoms with Gasteiger partial charge in [-0.25, -0.2) is 9.59 Å². The Balaban J connectivity index is 1.65. The van der Waals surface area contributed by atoms with Crippen LogP contribution in [0, 0.1) is 0 Å². The lowest BCUT2D eigenvalue weighted by molar-refractivity contribution is 0.0601. The number of anilines is 2. The highest BCUT2D eigenvalue weighted by Crippen LogP contribution is 2.25. The second kappa shape index (κ2) is 8.78. The molecule has 6 heteroatoms. The van der Waals surface area contributed by atoms with Crippen molar-refractivity contribution >= 4 is 23.4 Å². The van der Waals surface area contributed by atoms with E-state index in [0.717, 1.165) is 16.9 Å². The quantitative estimate of drug-likeness (QED) is 0.815. The van der Waals surface area contributed by atoms with E-state index in [1.54, 1.807) is 6.07 Å². The lowest BCUT2D eigenvalue weighted by Crippen LogP contribution is -2.50. The van der Waals surface area contributed by atoms with Gasteiger partial charge in [-0.1, -0.05) is 44.2 Å². The molecule has 6 nitrogen and oxygen atoms in total. The molecule has 1 aliphatic rings. The van der Waals surface area contributed by atoms with E-state index in [-0.39, 0.29) is 12.0 Å². The highest BCUT2D eigenvalue weighted by molar-refractivity contribution is 5.96. The summed E-state index contributed by atoms with van der Waals surface area (Å²) in [6.45, 7) is 6.72. The van der Waals surface area contributed by atoms with Crippen molar-refractivity contribution in [1.29, 1.82) is 0 Å². The molecule has 2 amide bonds. The average Bonchev–Trinajstić information content (AvgIpc) is 2.73. The molecule has 0 atom stereocenters. The van der Waals surface area contributed by atoms with Gasteiger partial charge in [0, 0.05) is 31.9 Å². The summed E-state index contributed by atoms with van der Waals surface area (Å²) in [7, 11) is 1.39. The number of benzene rings is 2. The Bertz CT molecular complexity index is 842. The highest BCUT2D eigenvalue weighted by Gasteiger charge is 2.24. The third kappa shape index (κ3) is 4.27. The standard InChI is InChI=1S/C22H27N3O3/c1-16(2)17-8-4-6-10-19(17)23-22(27)25-14-12-24(13-15-25)20-11-7-5-9-18(20)21(26)28-3/h4-11,16H,12-15H2,1-3H3,(H,23,27). The molecule has 1 N–H and O–H groups in total. The molecular formula is C22H27N3O3. The molecule has 0 aliphatic carbocycles. The number of hydrogen-bond donors (Lipinski definition) is 1. The topological polar surface area (TPSA) is 61.9 Å². The van der Waals surface area contributed by atoms with Crippen molar-refractivity contribution < 1.29 is 14.3 Å².